The third-order valence-corrected chi connectivity index (χ3v) is 5.05. The molecule has 33 heavy (non-hydrogen) atoms. The van der Waals surface area contributed by atoms with Crippen LogP contribution in [0.1, 0.15) is 41.6 Å². The lowest BCUT2D eigenvalue weighted by Crippen LogP contribution is -2.41. The van der Waals surface area contributed by atoms with Crippen molar-refractivity contribution in [2.45, 2.75) is 44.5 Å². The van der Waals surface area contributed by atoms with Gasteiger partial charge in [0.25, 0.3) is 5.91 Å². The maximum absolute atomic E-state index is 12.8. The van der Waals surface area contributed by atoms with Gasteiger partial charge in [-0.1, -0.05) is 12.1 Å². The number of carboxylic acids is 1. The Bertz CT molecular complexity index is 1100. The molecule has 0 radical (unpaired) electrons. The minimum atomic E-state index is -5.08. The number of carbonyl (C=O) groups excluding carboxylic acids is 1. The molecule has 0 bridgehead atoms. The Hall–Kier alpha value is -3.47. The number of halogens is 3. The number of fused-ring (bicyclic) bond motifs is 1. The third kappa shape index (κ3) is 6.28. The van der Waals surface area contributed by atoms with Crippen molar-refractivity contribution in [1.82, 2.24) is 19.7 Å². The summed E-state index contributed by atoms with van der Waals surface area (Å²) in [5.41, 5.74) is 2.32. The van der Waals surface area contributed by atoms with Gasteiger partial charge in [0.1, 0.15) is 5.82 Å². The Kier molecular flexibility index (Phi) is 7.64. The van der Waals surface area contributed by atoms with Crippen molar-refractivity contribution in [3.05, 3.63) is 66.0 Å². The molecule has 1 saturated heterocycles. The number of nitrogens with zero attached hydrogens (tertiary/aromatic N) is 3. The van der Waals surface area contributed by atoms with E-state index in [9.17, 15) is 18.0 Å². The van der Waals surface area contributed by atoms with Crippen LogP contribution in [0.2, 0.25) is 0 Å². The van der Waals surface area contributed by atoms with Crippen LogP contribution in [0.4, 0.5) is 13.2 Å². The minimum Gasteiger partial charge on any atom is -0.475 e. The first-order valence-corrected chi connectivity index (χ1v) is 10.2. The average Bonchev–Trinajstić information content (AvgIpc) is 3.43. The van der Waals surface area contributed by atoms with E-state index in [1.54, 1.807) is 6.20 Å². The number of hydrogen-bond donors (Lipinski definition) is 2. The van der Waals surface area contributed by atoms with Crippen LogP contribution in [0.25, 0.3) is 5.52 Å². The van der Waals surface area contributed by atoms with Crippen molar-refractivity contribution >= 4 is 17.4 Å². The molecule has 4 heterocycles. The number of carbonyl (C=O) groups is 2. The fourth-order valence-electron chi connectivity index (χ4n) is 3.44. The molecule has 2 N–H and O–H groups in total. The average molecular weight is 464 g/mol. The molecule has 0 spiro atoms. The van der Waals surface area contributed by atoms with Crippen molar-refractivity contribution in [1.29, 1.82) is 0 Å². The van der Waals surface area contributed by atoms with Crippen LogP contribution in [0, 0.1) is 0 Å². The predicted molar refractivity (Wildman–Crippen MR) is 112 cm³/mol. The van der Waals surface area contributed by atoms with Gasteiger partial charge in [0.15, 0.2) is 5.69 Å². The van der Waals surface area contributed by atoms with E-state index < -0.39 is 12.1 Å². The lowest BCUT2D eigenvalue weighted by molar-refractivity contribution is -0.192. The van der Waals surface area contributed by atoms with Gasteiger partial charge in [-0.05, 0) is 43.5 Å². The first kappa shape index (κ1) is 24.2. The molecule has 1 amide bonds. The molecular weight excluding hydrogens is 441 g/mol. The van der Waals surface area contributed by atoms with Crippen LogP contribution in [-0.2, 0) is 16.0 Å². The molecule has 3 aromatic heterocycles. The van der Waals surface area contributed by atoms with E-state index in [0.29, 0.717) is 12.1 Å². The number of nitrogens with one attached hydrogen (secondary N) is 1. The predicted octanol–water partition coefficient (Wildman–Crippen LogP) is 3.25. The second-order valence-electron chi connectivity index (χ2n) is 7.49. The molecule has 8 nitrogen and oxygen atoms in total. The highest BCUT2D eigenvalue weighted by Crippen LogP contribution is 2.19. The van der Waals surface area contributed by atoms with Gasteiger partial charge >= 0.3 is 12.1 Å². The first-order chi connectivity index (χ1) is 15.7. The van der Waals surface area contributed by atoms with Crippen LogP contribution in [0.3, 0.4) is 0 Å². The minimum absolute atomic E-state index is 0.0350. The summed E-state index contributed by atoms with van der Waals surface area (Å²) in [5, 5.41) is 10.2. The molecule has 1 aliphatic rings. The van der Waals surface area contributed by atoms with Crippen LogP contribution < -0.4 is 5.32 Å². The molecule has 3 aromatic rings. The maximum Gasteiger partial charge on any atom is 0.490 e. The molecule has 176 valence electrons. The number of aliphatic carboxylic acids is 1. The zero-order valence-electron chi connectivity index (χ0n) is 17.7. The zero-order chi connectivity index (χ0) is 24.0. The molecule has 1 fully saturated rings. The fourth-order valence-corrected chi connectivity index (χ4v) is 3.44. The third-order valence-electron chi connectivity index (χ3n) is 5.05. The van der Waals surface area contributed by atoms with E-state index in [0.717, 1.165) is 36.4 Å². The Morgan fingerprint density at radius 2 is 2.06 bits per heavy atom. The van der Waals surface area contributed by atoms with E-state index in [2.05, 4.69) is 15.3 Å². The number of pyridine rings is 2. The molecule has 2 unspecified atom stereocenters. The lowest BCUT2D eigenvalue weighted by Gasteiger charge is -2.19. The Morgan fingerprint density at radius 3 is 2.67 bits per heavy atom. The van der Waals surface area contributed by atoms with Crippen molar-refractivity contribution in [3.63, 3.8) is 0 Å². The number of alkyl halides is 3. The maximum atomic E-state index is 12.8. The highest BCUT2D eigenvalue weighted by molar-refractivity contribution is 5.99. The van der Waals surface area contributed by atoms with E-state index in [1.165, 1.54) is 0 Å². The summed E-state index contributed by atoms with van der Waals surface area (Å²) >= 11 is 0. The van der Waals surface area contributed by atoms with Crippen LogP contribution in [0.15, 0.2) is 48.9 Å². The Labute approximate surface area is 187 Å². The molecule has 0 aliphatic carbocycles. The Balaban J connectivity index is 0.000000383. The molecule has 0 aromatic carbocycles. The molecular formula is C22H23F3N4O4. The van der Waals surface area contributed by atoms with Gasteiger partial charge in [-0.15, -0.1) is 0 Å². The second kappa shape index (κ2) is 10.4. The summed E-state index contributed by atoms with van der Waals surface area (Å²) in [6.07, 6.45) is 3.16. The van der Waals surface area contributed by atoms with Gasteiger partial charge in [-0.25, -0.2) is 9.78 Å². The molecule has 2 atom stereocenters. The van der Waals surface area contributed by atoms with Gasteiger partial charge in [-0.2, -0.15) is 13.2 Å². The largest absolute Gasteiger partial charge is 0.490 e. The van der Waals surface area contributed by atoms with Gasteiger partial charge in [0.2, 0.25) is 0 Å². The zero-order valence-corrected chi connectivity index (χ0v) is 17.7. The van der Waals surface area contributed by atoms with Gasteiger partial charge in [0.05, 0.1) is 17.7 Å². The van der Waals surface area contributed by atoms with Crippen molar-refractivity contribution in [2.24, 2.45) is 0 Å². The second-order valence-corrected chi connectivity index (χ2v) is 7.49. The normalized spacial score (nSPS) is 16.7. The SMILES string of the molecule is CC(NC(=O)c1nc(Cc2cccnc2)n2ccccc12)C1CCCO1.O=C(O)C(F)(F)F. The number of hydrogen-bond acceptors (Lipinski definition) is 5. The molecule has 4 rings (SSSR count). The summed E-state index contributed by atoms with van der Waals surface area (Å²) in [4.78, 5) is 30.5. The molecule has 11 heteroatoms. The Morgan fingerprint density at radius 1 is 1.30 bits per heavy atom. The summed E-state index contributed by atoms with van der Waals surface area (Å²) < 4.78 is 39.4. The number of amides is 1. The van der Waals surface area contributed by atoms with Gasteiger partial charge in [0, 0.05) is 31.6 Å². The highest BCUT2D eigenvalue weighted by atomic mass is 19.4. The molecule has 1 aliphatic heterocycles. The fraction of sp³-hybridized carbons (Fsp3) is 0.364. The van der Waals surface area contributed by atoms with Crippen molar-refractivity contribution < 1.29 is 32.6 Å². The van der Waals surface area contributed by atoms with Crippen LogP contribution in [-0.4, -0.2) is 56.3 Å². The standard InChI is InChI=1S/C20H22N4O2.C2HF3O2/c1-14(17-8-5-11-26-17)22-20(25)19-16-7-2-3-10-24(16)18(23-19)12-15-6-4-9-21-13-15;3-2(4,5)1(6)7/h2-4,6-7,9-10,13-14,17H,5,8,11-12H2,1H3,(H,22,25);(H,6,7). The topological polar surface area (TPSA) is 106 Å². The van der Waals surface area contributed by atoms with E-state index in [-0.39, 0.29) is 18.1 Å². The van der Waals surface area contributed by atoms with Crippen molar-refractivity contribution in [3.8, 4) is 0 Å². The number of aromatic nitrogens is 3. The summed E-state index contributed by atoms with van der Waals surface area (Å²) in [6, 6.07) is 9.67. The highest BCUT2D eigenvalue weighted by Gasteiger charge is 2.38. The smallest absolute Gasteiger partial charge is 0.475 e. The van der Waals surface area contributed by atoms with E-state index in [4.69, 9.17) is 14.6 Å². The monoisotopic (exact) mass is 464 g/mol. The van der Waals surface area contributed by atoms with Gasteiger partial charge in [-0.3, -0.25) is 9.78 Å². The lowest BCUT2D eigenvalue weighted by atomic mass is 10.1. The number of ether oxygens (including phenoxy) is 1. The molecule has 0 saturated carbocycles. The van der Waals surface area contributed by atoms with Crippen molar-refractivity contribution in [2.75, 3.05) is 6.61 Å². The van der Waals surface area contributed by atoms with Gasteiger partial charge < -0.3 is 19.6 Å². The van der Waals surface area contributed by atoms with E-state index in [1.807, 2.05) is 54.0 Å². The number of rotatable bonds is 5. The number of imidazole rings is 1. The van der Waals surface area contributed by atoms with Crippen LogP contribution in [0.5, 0.6) is 0 Å². The van der Waals surface area contributed by atoms with Crippen LogP contribution >= 0.6 is 0 Å². The summed E-state index contributed by atoms with van der Waals surface area (Å²) in [5.74, 6) is -2.09. The summed E-state index contributed by atoms with van der Waals surface area (Å²) in [7, 11) is 0. The van der Waals surface area contributed by atoms with E-state index >= 15 is 0 Å². The summed E-state index contributed by atoms with van der Waals surface area (Å²) in [6.45, 7) is 2.76. The number of carboxylic acid groups (broad SMARTS) is 1. The first-order valence-electron chi connectivity index (χ1n) is 10.2. The quantitative estimate of drug-likeness (QED) is 0.601.